The van der Waals surface area contributed by atoms with Gasteiger partial charge in [-0.3, -0.25) is 4.79 Å². The van der Waals surface area contributed by atoms with E-state index in [9.17, 15) is 4.79 Å². The van der Waals surface area contributed by atoms with Crippen LogP contribution in [0, 0.1) is 0 Å². The summed E-state index contributed by atoms with van der Waals surface area (Å²) < 4.78 is 11.1. The predicted molar refractivity (Wildman–Crippen MR) is 86.2 cm³/mol. The Morgan fingerprint density at radius 2 is 1.95 bits per heavy atom. The number of carbonyl (C=O) groups excluding carboxylic acids is 1. The zero-order chi connectivity index (χ0) is 15.4. The van der Waals surface area contributed by atoms with Crippen LogP contribution >= 0.6 is 0 Å². The molecule has 0 atom stereocenters. The van der Waals surface area contributed by atoms with E-state index >= 15 is 0 Å². The van der Waals surface area contributed by atoms with Crippen LogP contribution in [0.15, 0.2) is 54.1 Å². The van der Waals surface area contributed by atoms with Crippen molar-refractivity contribution < 1.29 is 14.3 Å². The third kappa shape index (κ3) is 2.96. The smallest absolute Gasteiger partial charge is 0.255 e. The van der Waals surface area contributed by atoms with Crippen LogP contribution in [0.3, 0.4) is 0 Å². The van der Waals surface area contributed by atoms with Crippen molar-refractivity contribution in [3.63, 3.8) is 0 Å². The van der Waals surface area contributed by atoms with Crippen LogP contribution in [-0.2, 0) is 4.79 Å². The van der Waals surface area contributed by atoms with Crippen LogP contribution in [0.25, 0.3) is 6.08 Å². The highest BCUT2D eigenvalue weighted by Gasteiger charge is 2.18. The fraction of sp³-hybridized carbons (Fsp3) is 0.167. The first-order valence-electron chi connectivity index (χ1n) is 7.23. The SMILES string of the molecule is CCOc1ccccc1NC(=O)C1=Cc2ccccc2OC1. The van der Waals surface area contributed by atoms with E-state index in [1.54, 1.807) is 0 Å². The average Bonchev–Trinajstić information content (AvgIpc) is 2.56. The first kappa shape index (κ1) is 14.2. The van der Waals surface area contributed by atoms with Gasteiger partial charge < -0.3 is 14.8 Å². The summed E-state index contributed by atoms with van der Waals surface area (Å²) in [5.41, 5.74) is 2.16. The first-order chi connectivity index (χ1) is 10.8. The summed E-state index contributed by atoms with van der Waals surface area (Å²) in [5.74, 6) is 1.28. The molecule has 0 radical (unpaired) electrons. The molecule has 0 unspecified atom stereocenters. The molecule has 0 fully saturated rings. The fourth-order valence-corrected chi connectivity index (χ4v) is 2.30. The molecule has 1 heterocycles. The number of carbonyl (C=O) groups is 1. The number of anilines is 1. The number of ether oxygens (including phenoxy) is 2. The molecule has 0 aliphatic carbocycles. The van der Waals surface area contributed by atoms with Crippen molar-refractivity contribution in [1.82, 2.24) is 0 Å². The maximum Gasteiger partial charge on any atom is 0.255 e. The van der Waals surface area contributed by atoms with Crippen molar-refractivity contribution in [1.29, 1.82) is 0 Å². The van der Waals surface area contributed by atoms with Crippen LogP contribution in [0.4, 0.5) is 5.69 Å². The number of rotatable bonds is 4. The second-order valence-electron chi connectivity index (χ2n) is 4.88. The molecule has 2 aromatic rings. The standard InChI is InChI=1S/C18H17NO3/c1-2-21-17-10-6-4-8-15(17)19-18(20)14-11-13-7-3-5-9-16(13)22-12-14/h3-11H,2,12H2,1H3,(H,19,20). The maximum atomic E-state index is 12.4. The minimum absolute atomic E-state index is 0.179. The van der Waals surface area contributed by atoms with Gasteiger partial charge >= 0.3 is 0 Å². The molecule has 0 bridgehead atoms. The number of para-hydroxylation sites is 3. The number of fused-ring (bicyclic) bond motifs is 1. The van der Waals surface area contributed by atoms with Gasteiger partial charge in [0, 0.05) is 5.56 Å². The quantitative estimate of drug-likeness (QED) is 0.939. The molecule has 1 N–H and O–H groups in total. The zero-order valence-corrected chi connectivity index (χ0v) is 12.3. The Labute approximate surface area is 129 Å². The number of hydrogen-bond donors (Lipinski definition) is 1. The normalized spacial score (nSPS) is 12.7. The van der Waals surface area contributed by atoms with Crippen molar-refractivity contribution in [2.24, 2.45) is 0 Å². The van der Waals surface area contributed by atoms with E-state index in [4.69, 9.17) is 9.47 Å². The molecule has 0 saturated carbocycles. The highest BCUT2D eigenvalue weighted by Crippen LogP contribution is 2.28. The summed E-state index contributed by atoms with van der Waals surface area (Å²) in [4.78, 5) is 12.4. The molecule has 3 rings (SSSR count). The first-order valence-corrected chi connectivity index (χ1v) is 7.23. The molecule has 4 heteroatoms. The molecule has 4 nitrogen and oxygen atoms in total. The van der Waals surface area contributed by atoms with Crippen LogP contribution < -0.4 is 14.8 Å². The Morgan fingerprint density at radius 1 is 1.18 bits per heavy atom. The fourth-order valence-electron chi connectivity index (χ4n) is 2.30. The lowest BCUT2D eigenvalue weighted by Crippen LogP contribution is -2.21. The van der Waals surface area contributed by atoms with Crippen molar-refractivity contribution in [2.75, 3.05) is 18.5 Å². The van der Waals surface area contributed by atoms with Gasteiger partial charge in [-0.25, -0.2) is 0 Å². The second kappa shape index (κ2) is 6.35. The summed E-state index contributed by atoms with van der Waals surface area (Å²) in [6.45, 7) is 2.72. The molecular formula is C18H17NO3. The monoisotopic (exact) mass is 295 g/mol. The Kier molecular flexibility index (Phi) is 4.10. The van der Waals surface area contributed by atoms with Crippen LogP contribution in [0.2, 0.25) is 0 Å². The molecule has 0 saturated heterocycles. The molecule has 1 aliphatic rings. The van der Waals surface area contributed by atoms with E-state index in [0.29, 0.717) is 23.6 Å². The Morgan fingerprint density at radius 3 is 2.82 bits per heavy atom. The van der Waals surface area contributed by atoms with Crippen LogP contribution in [0.1, 0.15) is 12.5 Å². The summed E-state index contributed by atoms with van der Waals surface area (Å²) in [6.07, 6.45) is 1.86. The van der Waals surface area contributed by atoms with Crippen molar-refractivity contribution in [3.8, 4) is 11.5 Å². The van der Waals surface area contributed by atoms with Gasteiger partial charge in [-0.15, -0.1) is 0 Å². The van der Waals surface area contributed by atoms with Gasteiger partial charge in [0.15, 0.2) is 0 Å². The third-order valence-corrected chi connectivity index (χ3v) is 3.36. The summed E-state index contributed by atoms with van der Waals surface area (Å²) in [7, 11) is 0. The topological polar surface area (TPSA) is 47.6 Å². The van der Waals surface area contributed by atoms with Crippen molar-refractivity contribution in [3.05, 3.63) is 59.7 Å². The third-order valence-electron chi connectivity index (χ3n) is 3.36. The lowest BCUT2D eigenvalue weighted by Gasteiger charge is -2.18. The molecule has 22 heavy (non-hydrogen) atoms. The molecule has 0 aromatic heterocycles. The Bertz CT molecular complexity index is 722. The van der Waals surface area contributed by atoms with E-state index < -0.39 is 0 Å². The van der Waals surface area contributed by atoms with Crippen molar-refractivity contribution >= 4 is 17.7 Å². The number of nitrogens with one attached hydrogen (secondary N) is 1. The largest absolute Gasteiger partial charge is 0.492 e. The van der Waals surface area contributed by atoms with Crippen LogP contribution in [0.5, 0.6) is 11.5 Å². The highest BCUT2D eigenvalue weighted by molar-refractivity contribution is 6.08. The number of hydrogen-bond acceptors (Lipinski definition) is 3. The van der Waals surface area contributed by atoms with Gasteiger partial charge in [0.25, 0.3) is 5.91 Å². The number of amides is 1. The molecule has 1 amide bonds. The molecule has 0 spiro atoms. The Balaban J connectivity index is 1.80. The van der Waals surface area contributed by atoms with E-state index in [1.165, 1.54) is 0 Å². The van der Waals surface area contributed by atoms with Gasteiger partial charge in [-0.1, -0.05) is 30.3 Å². The van der Waals surface area contributed by atoms with E-state index in [0.717, 1.165) is 11.3 Å². The average molecular weight is 295 g/mol. The van der Waals surface area contributed by atoms with Gasteiger partial charge in [-0.2, -0.15) is 0 Å². The Hall–Kier alpha value is -2.75. The summed E-state index contributed by atoms with van der Waals surface area (Å²) >= 11 is 0. The lowest BCUT2D eigenvalue weighted by molar-refractivity contribution is -0.113. The highest BCUT2D eigenvalue weighted by atomic mass is 16.5. The molecule has 1 aliphatic heterocycles. The summed E-state index contributed by atoms with van der Waals surface area (Å²) in [6, 6.07) is 15.0. The minimum Gasteiger partial charge on any atom is -0.492 e. The lowest BCUT2D eigenvalue weighted by atomic mass is 10.1. The molecule has 112 valence electrons. The maximum absolute atomic E-state index is 12.4. The minimum atomic E-state index is -0.179. The summed E-state index contributed by atoms with van der Waals surface area (Å²) in [5, 5.41) is 2.88. The van der Waals surface area contributed by atoms with E-state index in [1.807, 2.05) is 61.5 Å². The van der Waals surface area contributed by atoms with Gasteiger partial charge in [0.1, 0.15) is 18.1 Å². The predicted octanol–water partition coefficient (Wildman–Crippen LogP) is 3.50. The van der Waals surface area contributed by atoms with E-state index in [2.05, 4.69) is 5.32 Å². The van der Waals surface area contributed by atoms with Gasteiger partial charge in [0.05, 0.1) is 17.9 Å². The second-order valence-corrected chi connectivity index (χ2v) is 4.88. The van der Waals surface area contributed by atoms with E-state index in [-0.39, 0.29) is 12.5 Å². The van der Waals surface area contributed by atoms with Crippen molar-refractivity contribution in [2.45, 2.75) is 6.92 Å². The van der Waals surface area contributed by atoms with Crippen LogP contribution in [-0.4, -0.2) is 19.1 Å². The molecule has 2 aromatic carbocycles. The molecular weight excluding hydrogens is 278 g/mol. The number of benzene rings is 2. The van der Waals surface area contributed by atoms with Gasteiger partial charge in [-0.05, 0) is 31.2 Å². The van der Waals surface area contributed by atoms with Gasteiger partial charge in [0.2, 0.25) is 0 Å². The zero-order valence-electron chi connectivity index (χ0n) is 12.3.